The van der Waals surface area contributed by atoms with Crippen LogP contribution in [0, 0.1) is 5.21 Å². The molecule has 0 aromatic carbocycles. The van der Waals surface area contributed by atoms with Crippen molar-refractivity contribution in [1.82, 2.24) is 5.48 Å². The molecular formula is C10H20NO2-. The summed E-state index contributed by atoms with van der Waals surface area (Å²) in [6.07, 6.45) is 8.61. The Morgan fingerprint density at radius 3 is 2.15 bits per heavy atom. The van der Waals surface area contributed by atoms with E-state index in [4.69, 9.17) is 0 Å². The first-order chi connectivity index (χ1) is 6.31. The van der Waals surface area contributed by atoms with E-state index in [2.05, 4.69) is 6.92 Å². The van der Waals surface area contributed by atoms with E-state index >= 15 is 0 Å². The van der Waals surface area contributed by atoms with Gasteiger partial charge in [0.15, 0.2) is 0 Å². The van der Waals surface area contributed by atoms with Gasteiger partial charge in [0, 0.05) is 6.42 Å². The summed E-state index contributed by atoms with van der Waals surface area (Å²) in [4.78, 5) is 10.5. The lowest BCUT2D eigenvalue weighted by molar-refractivity contribution is -0.120. The second-order valence-corrected chi connectivity index (χ2v) is 3.40. The van der Waals surface area contributed by atoms with E-state index in [9.17, 15) is 10.0 Å². The monoisotopic (exact) mass is 186 g/mol. The van der Waals surface area contributed by atoms with Crippen LogP contribution in [0.4, 0.5) is 0 Å². The highest BCUT2D eigenvalue weighted by Gasteiger charge is 1.95. The molecule has 0 fully saturated rings. The van der Waals surface area contributed by atoms with E-state index in [0.29, 0.717) is 6.42 Å². The van der Waals surface area contributed by atoms with Crippen LogP contribution in [0.15, 0.2) is 0 Å². The molecule has 0 aliphatic heterocycles. The summed E-state index contributed by atoms with van der Waals surface area (Å²) in [6.45, 7) is 2.19. The zero-order valence-electron chi connectivity index (χ0n) is 8.47. The van der Waals surface area contributed by atoms with Crippen molar-refractivity contribution in [2.24, 2.45) is 0 Å². The summed E-state index contributed by atoms with van der Waals surface area (Å²) in [5.74, 6) is -0.381. The van der Waals surface area contributed by atoms with Gasteiger partial charge in [0.1, 0.15) is 0 Å². The molecule has 0 atom stereocenters. The second-order valence-electron chi connectivity index (χ2n) is 3.40. The Kier molecular flexibility index (Phi) is 9.10. The van der Waals surface area contributed by atoms with Gasteiger partial charge >= 0.3 is 0 Å². The number of hydrogen-bond acceptors (Lipinski definition) is 2. The Labute approximate surface area is 80.5 Å². The largest absolute Gasteiger partial charge is 0.759 e. The van der Waals surface area contributed by atoms with Crippen molar-refractivity contribution in [2.75, 3.05) is 0 Å². The molecule has 1 N–H and O–H groups in total. The molecule has 0 rings (SSSR count). The number of hydroxylamine groups is 1. The highest BCUT2D eigenvalue weighted by atomic mass is 16.5. The van der Waals surface area contributed by atoms with Crippen LogP contribution in [-0.4, -0.2) is 5.91 Å². The maximum absolute atomic E-state index is 10.5. The van der Waals surface area contributed by atoms with Gasteiger partial charge in [0.25, 0.3) is 0 Å². The third-order valence-corrected chi connectivity index (χ3v) is 2.12. The molecule has 0 aliphatic carbocycles. The number of carbonyl (C=O) groups is 1. The molecule has 0 radical (unpaired) electrons. The summed E-state index contributed by atoms with van der Waals surface area (Å²) in [5.41, 5.74) is 1.39. The van der Waals surface area contributed by atoms with Crippen molar-refractivity contribution >= 4 is 5.91 Å². The molecule has 0 saturated carbocycles. The van der Waals surface area contributed by atoms with E-state index in [1.54, 1.807) is 0 Å². The highest BCUT2D eigenvalue weighted by Crippen LogP contribution is 2.07. The van der Waals surface area contributed by atoms with Gasteiger partial charge in [-0.2, -0.15) is 0 Å². The minimum Gasteiger partial charge on any atom is -0.759 e. The van der Waals surface area contributed by atoms with Gasteiger partial charge in [-0.25, -0.2) is 0 Å². The minimum atomic E-state index is -0.381. The molecule has 0 unspecified atom stereocenters. The van der Waals surface area contributed by atoms with Crippen LogP contribution in [0.5, 0.6) is 0 Å². The van der Waals surface area contributed by atoms with Crippen molar-refractivity contribution in [3.63, 3.8) is 0 Å². The minimum absolute atomic E-state index is 0.381. The number of hydrogen-bond donors (Lipinski definition) is 1. The number of rotatable bonds is 8. The van der Waals surface area contributed by atoms with Crippen LogP contribution < -0.4 is 5.48 Å². The Balaban J connectivity index is 2.95. The molecular weight excluding hydrogens is 166 g/mol. The van der Waals surface area contributed by atoms with E-state index in [1.165, 1.54) is 37.6 Å². The van der Waals surface area contributed by atoms with Gasteiger partial charge < -0.3 is 10.7 Å². The van der Waals surface area contributed by atoms with Crippen molar-refractivity contribution in [1.29, 1.82) is 0 Å². The Bertz CT molecular complexity index is 126. The van der Waals surface area contributed by atoms with E-state index in [-0.39, 0.29) is 5.91 Å². The van der Waals surface area contributed by atoms with Crippen molar-refractivity contribution in [3.05, 3.63) is 5.21 Å². The molecule has 1 amide bonds. The van der Waals surface area contributed by atoms with Crippen LogP contribution in [0.3, 0.4) is 0 Å². The number of unbranched alkanes of at least 4 members (excludes halogenated alkanes) is 6. The average Bonchev–Trinajstić information content (AvgIpc) is 2.16. The molecule has 78 valence electrons. The summed E-state index contributed by atoms with van der Waals surface area (Å²) >= 11 is 0. The first-order valence-electron chi connectivity index (χ1n) is 5.22. The Morgan fingerprint density at radius 2 is 1.62 bits per heavy atom. The number of nitrogens with one attached hydrogen (secondary N) is 1. The topological polar surface area (TPSA) is 52.2 Å². The van der Waals surface area contributed by atoms with Gasteiger partial charge in [0.2, 0.25) is 5.91 Å². The molecule has 3 heteroatoms. The predicted octanol–water partition coefficient (Wildman–Crippen LogP) is 2.74. The van der Waals surface area contributed by atoms with Crippen LogP contribution in [0.1, 0.15) is 58.3 Å². The smallest absolute Gasteiger partial charge is 0.209 e. The predicted molar refractivity (Wildman–Crippen MR) is 54.1 cm³/mol. The fourth-order valence-corrected chi connectivity index (χ4v) is 1.29. The maximum Gasteiger partial charge on any atom is 0.209 e. The van der Waals surface area contributed by atoms with Crippen LogP contribution in [0.25, 0.3) is 0 Å². The quantitative estimate of drug-likeness (QED) is 0.468. The van der Waals surface area contributed by atoms with E-state index in [1.807, 2.05) is 0 Å². The summed E-state index contributed by atoms with van der Waals surface area (Å²) < 4.78 is 0. The third kappa shape index (κ3) is 9.34. The number of carbonyl (C=O) groups excluding carboxylic acids is 1. The maximum atomic E-state index is 10.5. The van der Waals surface area contributed by atoms with Gasteiger partial charge in [0.05, 0.1) is 0 Å². The average molecular weight is 186 g/mol. The van der Waals surface area contributed by atoms with Crippen LogP contribution in [0.2, 0.25) is 0 Å². The van der Waals surface area contributed by atoms with Crippen molar-refractivity contribution in [3.8, 4) is 0 Å². The lowest BCUT2D eigenvalue weighted by Crippen LogP contribution is -2.14. The Hall–Kier alpha value is -0.570. The van der Waals surface area contributed by atoms with Crippen LogP contribution in [-0.2, 0) is 4.79 Å². The molecule has 0 aromatic heterocycles. The third-order valence-electron chi connectivity index (χ3n) is 2.12. The first kappa shape index (κ1) is 12.4. The molecule has 13 heavy (non-hydrogen) atoms. The fraction of sp³-hybridized carbons (Fsp3) is 0.900. The van der Waals surface area contributed by atoms with Gasteiger partial charge in [-0.15, -0.1) is 0 Å². The Morgan fingerprint density at radius 1 is 1.08 bits per heavy atom. The molecule has 3 nitrogen and oxygen atoms in total. The standard InChI is InChI=1S/C10H20NO2/c1-2-3-4-5-6-7-8-9-10(12)11-13/h2-9H2,1H3,(H-,11,12,13)/q-1. The zero-order valence-corrected chi connectivity index (χ0v) is 8.47. The molecule has 0 aliphatic rings. The summed E-state index contributed by atoms with van der Waals surface area (Å²) in [5, 5.41) is 9.84. The van der Waals surface area contributed by atoms with Crippen molar-refractivity contribution < 1.29 is 4.79 Å². The lowest BCUT2D eigenvalue weighted by atomic mass is 10.1. The molecule has 0 spiro atoms. The molecule has 0 saturated heterocycles. The van der Waals surface area contributed by atoms with Crippen LogP contribution >= 0.6 is 0 Å². The fourth-order valence-electron chi connectivity index (χ4n) is 1.29. The van der Waals surface area contributed by atoms with Crippen molar-refractivity contribution in [2.45, 2.75) is 58.3 Å². The molecule has 0 aromatic rings. The zero-order chi connectivity index (χ0) is 9.94. The molecule has 0 bridgehead atoms. The normalized spacial score (nSPS) is 10.0. The lowest BCUT2D eigenvalue weighted by Gasteiger charge is -2.06. The molecule has 0 heterocycles. The second kappa shape index (κ2) is 9.52. The summed E-state index contributed by atoms with van der Waals surface area (Å²) in [6, 6.07) is 0. The highest BCUT2D eigenvalue weighted by molar-refractivity contribution is 5.76. The van der Waals surface area contributed by atoms with E-state index < -0.39 is 0 Å². The first-order valence-corrected chi connectivity index (χ1v) is 5.22. The summed E-state index contributed by atoms with van der Waals surface area (Å²) in [7, 11) is 0. The van der Waals surface area contributed by atoms with Gasteiger partial charge in [-0.05, 0) is 6.42 Å². The SMILES string of the molecule is CCCCCCCCCC(=O)N[O-]. The van der Waals surface area contributed by atoms with Gasteiger partial charge in [-0.3, -0.25) is 4.79 Å². The van der Waals surface area contributed by atoms with Gasteiger partial charge in [-0.1, -0.05) is 45.4 Å². The number of amides is 1. The van der Waals surface area contributed by atoms with E-state index in [0.717, 1.165) is 12.8 Å².